The van der Waals surface area contributed by atoms with E-state index in [9.17, 15) is 0 Å². The lowest BCUT2D eigenvalue weighted by molar-refractivity contribution is 0.0807. The molecule has 14 heavy (non-hydrogen) atoms. The summed E-state index contributed by atoms with van der Waals surface area (Å²) in [5.41, 5.74) is 0. The van der Waals surface area contributed by atoms with Gasteiger partial charge in [-0.15, -0.1) is 0 Å². The Morgan fingerprint density at radius 2 is 2.07 bits per heavy atom. The average molecular weight is 196 g/mol. The Kier molecular flexibility index (Phi) is 3.13. The zero-order valence-corrected chi connectivity index (χ0v) is 9.79. The van der Waals surface area contributed by atoms with E-state index in [1.54, 1.807) is 0 Å². The van der Waals surface area contributed by atoms with E-state index in [2.05, 4.69) is 31.0 Å². The summed E-state index contributed by atoms with van der Waals surface area (Å²) in [6.45, 7) is 9.44. The van der Waals surface area contributed by atoms with Crippen LogP contribution < -0.4 is 5.32 Å². The molecule has 1 saturated carbocycles. The van der Waals surface area contributed by atoms with Gasteiger partial charge in [-0.05, 0) is 39.0 Å². The lowest BCUT2D eigenvalue weighted by Gasteiger charge is -2.42. The molecule has 0 amide bonds. The van der Waals surface area contributed by atoms with Crippen molar-refractivity contribution < 1.29 is 0 Å². The molecule has 0 bridgehead atoms. The molecule has 0 spiro atoms. The minimum Gasteiger partial charge on any atom is -0.311 e. The zero-order valence-electron chi connectivity index (χ0n) is 9.79. The van der Waals surface area contributed by atoms with Crippen molar-refractivity contribution in [1.29, 1.82) is 0 Å². The van der Waals surface area contributed by atoms with Gasteiger partial charge in [0.05, 0.1) is 0 Å². The molecule has 2 aliphatic rings. The highest BCUT2D eigenvalue weighted by Gasteiger charge is 2.37. The molecule has 2 nitrogen and oxygen atoms in total. The number of piperazine rings is 1. The molecule has 0 aromatic carbocycles. The van der Waals surface area contributed by atoms with Crippen molar-refractivity contribution >= 4 is 0 Å². The molecule has 0 radical (unpaired) electrons. The first kappa shape index (κ1) is 10.4. The van der Waals surface area contributed by atoms with Crippen LogP contribution in [0, 0.1) is 5.92 Å². The standard InChI is InChI=1S/C12H24N2/c1-4-12(11-5-6-11)14-8-9(2)13-7-10(14)3/h9-13H,4-8H2,1-3H3. The van der Waals surface area contributed by atoms with Gasteiger partial charge in [0.1, 0.15) is 0 Å². The van der Waals surface area contributed by atoms with Crippen LogP contribution in [0.3, 0.4) is 0 Å². The molecule has 2 rings (SSSR count). The van der Waals surface area contributed by atoms with Gasteiger partial charge >= 0.3 is 0 Å². The van der Waals surface area contributed by atoms with Gasteiger partial charge in [-0.2, -0.15) is 0 Å². The van der Waals surface area contributed by atoms with Crippen LogP contribution in [0.4, 0.5) is 0 Å². The van der Waals surface area contributed by atoms with Crippen LogP contribution in [0.25, 0.3) is 0 Å². The Morgan fingerprint density at radius 3 is 2.64 bits per heavy atom. The second-order valence-corrected chi connectivity index (χ2v) is 5.17. The third kappa shape index (κ3) is 2.12. The minimum atomic E-state index is 0.680. The SMILES string of the molecule is CCC(C1CC1)N1CC(C)NCC1C. The highest BCUT2D eigenvalue weighted by Crippen LogP contribution is 2.37. The fourth-order valence-electron chi connectivity index (χ4n) is 2.83. The Morgan fingerprint density at radius 1 is 1.36 bits per heavy atom. The molecule has 2 heteroatoms. The van der Waals surface area contributed by atoms with Gasteiger partial charge in [0.15, 0.2) is 0 Å². The summed E-state index contributed by atoms with van der Waals surface area (Å²) in [4.78, 5) is 2.75. The van der Waals surface area contributed by atoms with E-state index in [0.29, 0.717) is 6.04 Å². The number of nitrogens with zero attached hydrogens (tertiary/aromatic N) is 1. The number of rotatable bonds is 3. The first-order valence-electron chi connectivity index (χ1n) is 6.21. The number of hydrogen-bond donors (Lipinski definition) is 1. The monoisotopic (exact) mass is 196 g/mol. The van der Waals surface area contributed by atoms with Crippen LogP contribution in [0.15, 0.2) is 0 Å². The topological polar surface area (TPSA) is 15.3 Å². The Balaban J connectivity index is 1.97. The van der Waals surface area contributed by atoms with E-state index >= 15 is 0 Å². The zero-order chi connectivity index (χ0) is 10.1. The van der Waals surface area contributed by atoms with Crippen LogP contribution in [0.5, 0.6) is 0 Å². The second kappa shape index (κ2) is 4.19. The second-order valence-electron chi connectivity index (χ2n) is 5.17. The van der Waals surface area contributed by atoms with E-state index in [1.165, 1.54) is 32.4 Å². The van der Waals surface area contributed by atoms with Crippen LogP contribution in [0.1, 0.15) is 40.0 Å². The van der Waals surface area contributed by atoms with Crippen molar-refractivity contribution in [1.82, 2.24) is 10.2 Å². The van der Waals surface area contributed by atoms with Gasteiger partial charge in [0.25, 0.3) is 0 Å². The highest BCUT2D eigenvalue weighted by molar-refractivity contribution is 4.93. The molecule has 0 aromatic heterocycles. The molecule has 1 heterocycles. The van der Waals surface area contributed by atoms with Crippen molar-refractivity contribution in [3.05, 3.63) is 0 Å². The molecule has 3 unspecified atom stereocenters. The van der Waals surface area contributed by atoms with Gasteiger partial charge in [-0.25, -0.2) is 0 Å². The minimum absolute atomic E-state index is 0.680. The average Bonchev–Trinajstić information content (AvgIpc) is 2.96. The molecule has 1 saturated heterocycles. The normalized spacial score (nSPS) is 37.1. The summed E-state index contributed by atoms with van der Waals surface area (Å²) in [6.07, 6.45) is 4.29. The third-order valence-corrected chi connectivity index (χ3v) is 3.82. The maximum Gasteiger partial charge on any atom is 0.0196 e. The lowest BCUT2D eigenvalue weighted by Crippen LogP contribution is -2.57. The van der Waals surface area contributed by atoms with E-state index in [1.807, 2.05) is 0 Å². The summed E-state index contributed by atoms with van der Waals surface area (Å²) in [5, 5.41) is 3.56. The smallest absolute Gasteiger partial charge is 0.0196 e. The molecule has 0 aromatic rings. The van der Waals surface area contributed by atoms with Gasteiger partial charge in [0.2, 0.25) is 0 Å². The molecule has 3 atom stereocenters. The van der Waals surface area contributed by atoms with Crippen molar-refractivity contribution in [3.8, 4) is 0 Å². The largest absolute Gasteiger partial charge is 0.311 e. The Hall–Kier alpha value is -0.0800. The summed E-state index contributed by atoms with van der Waals surface area (Å²) < 4.78 is 0. The van der Waals surface area contributed by atoms with Gasteiger partial charge in [-0.1, -0.05) is 6.92 Å². The van der Waals surface area contributed by atoms with Gasteiger partial charge in [0, 0.05) is 31.2 Å². The molecular weight excluding hydrogens is 172 g/mol. The molecular formula is C12H24N2. The first-order chi connectivity index (χ1) is 6.72. The Bertz CT molecular complexity index is 189. The van der Waals surface area contributed by atoms with Crippen molar-refractivity contribution in [2.75, 3.05) is 13.1 Å². The molecule has 1 aliphatic heterocycles. The maximum absolute atomic E-state index is 3.56. The summed E-state index contributed by atoms with van der Waals surface area (Å²) in [5.74, 6) is 1.02. The summed E-state index contributed by atoms with van der Waals surface area (Å²) in [6, 6.07) is 2.28. The maximum atomic E-state index is 3.56. The van der Waals surface area contributed by atoms with Crippen molar-refractivity contribution in [2.24, 2.45) is 5.92 Å². The summed E-state index contributed by atoms with van der Waals surface area (Å²) in [7, 11) is 0. The van der Waals surface area contributed by atoms with Crippen molar-refractivity contribution in [3.63, 3.8) is 0 Å². The predicted octanol–water partition coefficient (Wildman–Crippen LogP) is 1.86. The number of nitrogens with one attached hydrogen (secondary N) is 1. The van der Waals surface area contributed by atoms with E-state index in [0.717, 1.165) is 18.0 Å². The quantitative estimate of drug-likeness (QED) is 0.741. The van der Waals surface area contributed by atoms with Crippen LogP contribution in [-0.2, 0) is 0 Å². The highest BCUT2D eigenvalue weighted by atomic mass is 15.3. The molecule has 2 fully saturated rings. The van der Waals surface area contributed by atoms with Gasteiger partial charge in [-0.3, -0.25) is 4.90 Å². The molecule has 1 aliphatic carbocycles. The first-order valence-corrected chi connectivity index (χ1v) is 6.21. The molecule has 82 valence electrons. The van der Waals surface area contributed by atoms with Crippen LogP contribution >= 0.6 is 0 Å². The van der Waals surface area contributed by atoms with E-state index in [-0.39, 0.29) is 0 Å². The number of hydrogen-bond acceptors (Lipinski definition) is 2. The predicted molar refractivity (Wildman–Crippen MR) is 60.4 cm³/mol. The summed E-state index contributed by atoms with van der Waals surface area (Å²) >= 11 is 0. The van der Waals surface area contributed by atoms with Crippen LogP contribution in [0.2, 0.25) is 0 Å². The van der Waals surface area contributed by atoms with E-state index < -0.39 is 0 Å². The fourth-order valence-corrected chi connectivity index (χ4v) is 2.83. The third-order valence-electron chi connectivity index (χ3n) is 3.82. The Labute approximate surface area is 88.1 Å². The molecule has 1 N–H and O–H groups in total. The fraction of sp³-hybridized carbons (Fsp3) is 1.00. The van der Waals surface area contributed by atoms with Gasteiger partial charge < -0.3 is 5.32 Å². The van der Waals surface area contributed by atoms with Crippen LogP contribution in [-0.4, -0.2) is 36.1 Å². The van der Waals surface area contributed by atoms with E-state index in [4.69, 9.17) is 0 Å². The lowest BCUT2D eigenvalue weighted by atomic mass is 10.0. The van der Waals surface area contributed by atoms with Crippen molar-refractivity contribution in [2.45, 2.75) is 58.2 Å².